The Kier molecular flexibility index (Phi) is 4.10. The molecule has 0 saturated heterocycles. The van der Waals surface area contributed by atoms with Crippen LogP contribution in [0.15, 0.2) is 20.4 Å². The molecule has 0 amide bonds. The van der Waals surface area contributed by atoms with Gasteiger partial charge in [-0.1, -0.05) is 5.16 Å². The summed E-state index contributed by atoms with van der Waals surface area (Å²) in [6.45, 7) is 2.06. The fraction of sp³-hybridized carbons (Fsp3) is 0.462. The standard InChI is InChI=1S/C13H14BrN3O3S/c1-7(13(18)19)17(8-2-3-8)6-11-15-12(16-20-11)9-4-5-10(14)21-9/h4-5,7-8H,2-3,6H2,1H3,(H,18,19). The second-order valence-corrected chi connectivity index (χ2v) is 7.50. The van der Waals surface area contributed by atoms with Crippen molar-refractivity contribution in [3.63, 3.8) is 0 Å². The summed E-state index contributed by atoms with van der Waals surface area (Å²) in [6.07, 6.45) is 2.05. The average Bonchev–Trinajstić information content (AvgIpc) is 3.02. The molecule has 0 radical (unpaired) electrons. The lowest BCUT2D eigenvalue weighted by molar-refractivity contribution is -0.143. The van der Waals surface area contributed by atoms with E-state index in [1.54, 1.807) is 6.92 Å². The Morgan fingerprint density at radius 2 is 2.38 bits per heavy atom. The number of hydrogen-bond donors (Lipinski definition) is 1. The van der Waals surface area contributed by atoms with Crippen molar-refractivity contribution in [2.75, 3.05) is 0 Å². The van der Waals surface area contributed by atoms with Gasteiger partial charge in [-0.15, -0.1) is 11.3 Å². The highest BCUT2D eigenvalue weighted by molar-refractivity contribution is 9.11. The van der Waals surface area contributed by atoms with Crippen molar-refractivity contribution >= 4 is 33.2 Å². The van der Waals surface area contributed by atoms with Gasteiger partial charge in [0.15, 0.2) is 0 Å². The Morgan fingerprint density at radius 3 is 2.95 bits per heavy atom. The fourth-order valence-electron chi connectivity index (χ4n) is 2.14. The van der Waals surface area contributed by atoms with Gasteiger partial charge in [0.2, 0.25) is 11.7 Å². The summed E-state index contributed by atoms with van der Waals surface area (Å²) in [4.78, 5) is 18.4. The van der Waals surface area contributed by atoms with Crippen LogP contribution in [0, 0.1) is 0 Å². The quantitative estimate of drug-likeness (QED) is 0.840. The Hall–Kier alpha value is -1.25. The lowest BCUT2D eigenvalue weighted by Gasteiger charge is -2.23. The number of nitrogens with zero attached hydrogens (tertiary/aromatic N) is 3. The van der Waals surface area contributed by atoms with Crippen molar-refractivity contribution in [1.82, 2.24) is 15.0 Å². The average molecular weight is 372 g/mol. The van der Waals surface area contributed by atoms with E-state index in [-0.39, 0.29) is 0 Å². The number of carbonyl (C=O) groups is 1. The van der Waals surface area contributed by atoms with Crippen LogP contribution in [0.25, 0.3) is 10.7 Å². The van der Waals surface area contributed by atoms with Crippen LogP contribution < -0.4 is 0 Å². The van der Waals surface area contributed by atoms with Gasteiger partial charge in [-0.25, -0.2) is 0 Å². The van der Waals surface area contributed by atoms with E-state index < -0.39 is 12.0 Å². The third kappa shape index (κ3) is 3.33. The van der Waals surface area contributed by atoms with Crippen molar-refractivity contribution in [3.8, 4) is 10.7 Å². The molecule has 1 aliphatic carbocycles. The number of carboxylic acids is 1. The van der Waals surface area contributed by atoms with Gasteiger partial charge in [0.25, 0.3) is 0 Å². The number of halogens is 1. The molecule has 0 aromatic carbocycles. The van der Waals surface area contributed by atoms with Crippen LogP contribution in [0.5, 0.6) is 0 Å². The highest BCUT2D eigenvalue weighted by atomic mass is 79.9. The Morgan fingerprint density at radius 1 is 1.62 bits per heavy atom. The Balaban J connectivity index is 1.75. The minimum Gasteiger partial charge on any atom is -0.480 e. The molecule has 0 bridgehead atoms. The van der Waals surface area contributed by atoms with Crippen molar-refractivity contribution in [2.45, 2.75) is 38.4 Å². The maximum atomic E-state index is 11.2. The predicted molar refractivity (Wildman–Crippen MR) is 81.0 cm³/mol. The fourth-order valence-corrected chi connectivity index (χ4v) is 3.45. The van der Waals surface area contributed by atoms with Crippen molar-refractivity contribution < 1.29 is 14.4 Å². The molecule has 0 aliphatic heterocycles. The molecule has 2 aromatic rings. The van der Waals surface area contributed by atoms with Crippen LogP contribution in [0.1, 0.15) is 25.7 Å². The number of aliphatic carboxylic acids is 1. The lowest BCUT2D eigenvalue weighted by Crippen LogP contribution is -2.40. The second kappa shape index (κ2) is 5.86. The van der Waals surface area contributed by atoms with E-state index in [4.69, 9.17) is 4.52 Å². The molecular weight excluding hydrogens is 358 g/mol. The highest BCUT2D eigenvalue weighted by Gasteiger charge is 2.36. The zero-order valence-electron chi connectivity index (χ0n) is 11.3. The van der Waals surface area contributed by atoms with Gasteiger partial charge in [0.1, 0.15) is 6.04 Å². The first-order valence-corrected chi connectivity index (χ1v) is 8.22. The molecule has 1 atom stereocenters. The van der Waals surface area contributed by atoms with Crippen LogP contribution in [-0.2, 0) is 11.3 Å². The molecule has 1 aliphatic rings. The zero-order chi connectivity index (χ0) is 15.0. The summed E-state index contributed by atoms with van der Waals surface area (Å²) in [5.74, 6) is 0.165. The molecule has 0 spiro atoms. The van der Waals surface area contributed by atoms with Gasteiger partial charge in [0, 0.05) is 6.04 Å². The predicted octanol–water partition coefficient (Wildman–Crippen LogP) is 3.00. The first-order chi connectivity index (χ1) is 10.0. The van der Waals surface area contributed by atoms with Gasteiger partial charge in [0.05, 0.1) is 15.2 Å². The molecule has 112 valence electrons. The zero-order valence-corrected chi connectivity index (χ0v) is 13.7. The van der Waals surface area contributed by atoms with Crippen molar-refractivity contribution in [1.29, 1.82) is 0 Å². The van der Waals surface area contributed by atoms with Crippen LogP contribution in [0.3, 0.4) is 0 Å². The minimum atomic E-state index is -0.830. The van der Waals surface area contributed by atoms with Gasteiger partial charge < -0.3 is 9.63 Å². The monoisotopic (exact) mass is 371 g/mol. The normalized spacial score (nSPS) is 16.3. The summed E-state index contributed by atoms with van der Waals surface area (Å²) in [6, 6.07) is 3.60. The third-order valence-corrected chi connectivity index (χ3v) is 5.07. The van der Waals surface area contributed by atoms with Gasteiger partial charge in [-0.3, -0.25) is 9.69 Å². The largest absolute Gasteiger partial charge is 0.480 e. The van der Waals surface area contributed by atoms with E-state index >= 15 is 0 Å². The summed E-state index contributed by atoms with van der Waals surface area (Å²) in [7, 11) is 0. The molecule has 1 saturated carbocycles. The van der Waals surface area contributed by atoms with E-state index in [2.05, 4.69) is 26.1 Å². The summed E-state index contributed by atoms with van der Waals surface area (Å²) in [5.41, 5.74) is 0. The maximum absolute atomic E-state index is 11.2. The first kappa shape index (κ1) is 14.7. The Labute approximate surface area is 133 Å². The van der Waals surface area contributed by atoms with E-state index in [0.717, 1.165) is 21.5 Å². The van der Waals surface area contributed by atoms with Crippen molar-refractivity contribution in [3.05, 3.63) is 21.8 Å². The number of carboxylic acid groups (broad SMARTS) is 1. The molecular formula is C13H14BrN3O3S. The van der Waals surface area contributed by atoms with Crippen LogP contribution in [0.2, 0.25) is 0 Å². The van der Waals surface area contributed by atoms with Gasteiger partial charge in [-0.05, 0) is 47.8 Å². The molecule has 2 aromatic heterocycles. The maximum Gasteiger partial charge on any atom is 0.320 e. The van der Waals surface area contributed by atoms with Crippen LogP contribution in [0.4, 0.5) is 0 Å². The molecule has 1 unspecified atom stereocenters. The number of thiophene rings is 1. The minimum absolute atomic E-state index is 0.308. The molecule has 21 heavy (non-hydrogen) atoms. The smallest absolute Gasteiger partial charge is 0.320 e. The number of aromatic nitrogens is 2. The van der Waals surface area contributed by atoms with Crippen molar-refractivity contribution in [2.24, 2.45) is 0 Å². The topological polar surface area (TPSA) is 79.5 Å². The van der Waals surface area contributed by atoms with E-state index in [1.807, 2.05) is 17.0 Å². The number of hydrogen-bond acceptors (Lipinski definition) is 6. The molecule has 3 rings (SSSR count). The van der Waals surface area contributed by atoms with Crippen LogP contribution >= 0.6 is 27.3 Å². The van der Waals surface area contributed by atoms with Crippen LogP contribution in [-0.4, -0.2) is 38.2 Å². The molecule has 6 nitrogen and oxygen atoms in total. The first-order valence-electron chi connectivity index (χ1n) is 6.61. The van der Waals surface area contributed by atoms with Gasteiger partial charge in [-0.2, -0.15) is 4.98 Å². The molecule has 1 N–H and O–H groups in total. The van der Waals surface area contributed by atoms with E-state index in [0.29, 0.717) is 24.3 Å². The number of rotatable bonds is 6. The SMILES string of the molecule is CC(C(=O)O)N(Cc1nc(-c2ccc(Br)s2)no1)C1CC1. The molecule has 1 fully saturated rings. The molecule has 2 heterocycles. The van der Waals surface area contributed by atoms with E-state index in [1.165, 1.54) is 11.3 Å². The van der Waals surface area contributed by atoms with E-state index in [9.17, 15) is 9.90 Å². The van der Waals surface area contributed by atoms with Gasteiger partial charge >= 0.3 is 5.97 Å². The third-order valence-electron chi connectivity index (χ3n) is 3.45. The summed E-state index contributed by atoms with van der Waals surface area (Å²) >= 11 is 4.92. The Bertz CT molecular complexity index is 653. The molecule has 8 heteroatoms. The highest BCUT2D eigenvalue weighted by Crippen LogP contribution is 2.32. The summed E-state index contributed by atoms with van der Waals surface area (Å²) < 4.78 is 6.27. The second-order valence-electron chi connectivity index (χ2n) is 5.03. The summed E-state index contributed by atoms with van der Waals surface area (Å²) in [5, 5.41) is 13.1. The lowest BCUT2D eigenvalue weighted by atomic mass is 10.2.